The van der Waals surface area contributed by atoms with Crippen LogP contribution < -0.4 is 18.9 Å². The van der Waals surface area contributed by atoms with E-state index in [1.165, 1.54) is 18.2 Å². The topological polar surface area (TPSA) is 108 Å². The lowest BCUT2D eigenvalue weighted by Gasteiger charge is -2.26. The van der Waals surface area contributed by atoms with E-state index in [1.807, 2.05) is 48.5 Å². The van der Waals surface area contributed by atoms with E-state index in [2.05, 4.69) is 13.8 Å². The molecule has 0 aliphatic carbocycles. The molecule has 0 bridgehead atoms. The summed E-state index contributed by atoms with van der Waals surface area (Å²) in [6, 6.07) is 24.8. The third-order valence-corrected chi connectivity index (χ3v) is 6.32. The number of rotatable bonds is 11. The Bertz CT molecular complexity index is 1490. The van der Waals surface area contributed by atoms with Crippen LogP contribution in [0.1, 0.15) is 40.9 Å². The van der Waals surface area contributed by atoms with E-state index in [0.29, 0.717) is 28.6 Å². The molecule has 4 rings (SSSR count). The molecular formula is C31H26O8. The Balaban J connectivity index is 1.46. The zero-order valence-corrected chi connectivity index (χ0v) is 21.5. The highest BCUT2D eigenvalue weighted by Crippen LogP contribution is 2.36. The summed E-state index contributed by atoms with van der Waals surface area (Å²) in [5.74, 6) is 1.38. The van der Waals surface area contributed by atoms with Crippen LogP contribution in [0.3, 0.4) is 0 Å². The standard InChI is InChI=1S/C31H26O8/c1-20-16-25(12-14-27(20)30(34)35)38-23-8-4-21(5-9-23)31(2,3)22-6-10-24(11-7-22)39-26-13-15-28(36-18-32)29(17-26)37-19-33/h4-19H,1-3H3,(H,34,35). The molecule has 0 radical (unpaired) electrons. The van der Waals surface area contributed by atoms with Crippen molar-refractivity contribution in [3.8, 4) is 34.5 Å². The summed E-state index contributed by atoms with van der Waals surface area (Å²) in [6.45, 7) is 6.45. The molecular weight excluding hydrogens is 500 g/mol. The van der Waals surface area contributed by atoms with Gasteiger partial charge in [0.1, 0.15) is 23.0 Å². The lowest BCUT2D eigenvalue weighted by molar-refractivity contribution is -0.123. The van der Waals surface area contributed by atoms with Gasteiger partial charge in [0.05, 0.1) is 5.56 Å². The first kappa shape index (κ1) is 26.9. The quantitative estimate of drug-likeness (QED) is 0.216. The maximum Gasteiger partial charge on any atom is 0.335 e. The first-order valence-electron chi connectivity index (χ1n) is 12.0. The minimum atomic E-state index is -0.969. The number of aromatic carboxylic acids is 1. The average Bonchev–Trinajstić information content (AvgIpc) is 2.91. The average molecular weight is 527 g/mol. The second-order valence-electron chi connectivity index (χ2n) is 9.20. The van der Waals surface area contributed by atoms with Crippen molar-refractivity contribution in [3.05, 3.63) is 107 Å². The van der Waals surface area contributed by atoms with Gasteiger partial charge >= 0.3 is 5.97 Å². The molecule has 0 aliphatic heterocycles. The molecule has 0 saturated carbocycles. The molecule has 0 aromatic heterocycles. The smallest absolute Gasteiger partial charge is 0.335 e. The van der Waals surface area contributed by atoms with Crippen LogP contribution in [0.5, 0.6) is 34.5 Å². The van der Waals surface area contributed by atoms with E-state index in [0.717, 1.165) is 11.1 Å². The molecule has 0 fully saturated rings. The number of aryl methyl sites for hydroxylation is 1. The number of hydrogen-bond acceptors (Lipinski definition) is 7. The van der Waals surface area contributed by atoms with Gasteiger partial charge in [-0.3, -0.25) is 9.59 Å². The highest BCUT2D eigenvalue weighted by molar-refractivity contribution is 5.89. The van der Waals surface area contributed by atoms with Gasteiger partial charge in [0, 0.05) is 11.5 Å². The van der Waals surface area contributed by atoms with Crippen LogP contribution in [-0.2, 0) is 15.0 Å². The molecule has 39 heavy (non-hydrogen) atoms. The van der Waals surface area contributed by atoms with Crippen LogP contribution in [0.25, 0.3) is 0 Å². The number of hydrogen-bond donors (Lipinski definition) is 1. The van der Waals surface area contributed by atoms with E-state index in [4.69, 9.17) is 18.9 Å². The third-order valence-electron chi connectivity index (χ3n) is 6.32. The van der Waals surface area contributed by atoms with Gasteiger partial charge in [-0.25, -0.2) is 4.79 Å². The maximum absolute atomic E-state index is 11.2. The van der Waals surface area contributed by atoms with Gasteiger partial charge in [0.2, 0.25) is 0 Å². The summed E-state index contributed by atoms with van der Waals surface area (Å²) >= 11 is 0. The number of benzene rings is 4. The van der Waals surface area contributed by atoms with Crippen molar-refractivity contribution in [2.75, 3.05) is 0 Å². The molecule has 0 unspecified atom stereocenters. The van der Waals surface area contributed by atoms with Crippen LogP contribution in [-0.4, -0.2) is 24.0 Å². The molecule has 4 aromatic rings. The predicted molar refractivity (Wildman–Crippen MR) is 143 cm³/mol. The van der Waals surface area contributed by atoms with Crippen molar-refractivity contribution < 1.29 is 38.4 Å². The minimum Gasteiger partial charge on any atom is -0.478 e. The van der Waals surface area contributed by atoms with Crippen molar-refractivity contribution in [2.24, 2.45) is 0 Å². The fourth-order valence-corrected chi connectivity index (χ4v) is 4.10. The Labute approximate surface area is 225 Å². The van der Waals surface area contributed by atoms with E-state index in [1.54, 1.807) is 25.1 Å². The molecule has 0 atom stereocenters. The van der Waals surface area contributed by atoms with E-state index >= 15 is 0 Å². The van der Waals surface area contributed by atoms with E-state index in [9.17, 15) is 19.5 Å². The first-order valence-corrected chi connectivity index (χ1v) is 12.0. The van der Waals surface area contributed by atoms with Crippen molar-refractivity contribution in [3.63, 3.8) is 0 Å². The fraction of sp³-hybridized carbons (Fsp3) is 0.129. The Kier molecular flexibility index (Phi) is 7.96. The Morgan fingerprint density at radius 2 is 1.13 bits per heavy atom. The van der Waals surface area contributed by atoms with Gasteiger partial charge < -0.3 is 24.1 Å². The summed E-state index contributed by atoms with van der Waals surface area (Å²) in [7, 11) is 0. The van der Waals surface area contributed by atoms with Crippen molar-refractivity contribution in [1.82, 2.24) is 0 Å². The summed E-state index contributed by atoms with van der Waals surface area (Å²) in [6.07, 6.45) is 0. The number of carboxylic acids is 1. The summed E-state index contributed by atoms with van der Waals surface area (Å²) < 4.78 is 21.5. The highest BCUT2D eigenvalue weighted by Gasteiger charge is 2.23. The second kappa shape index (κ2) is 11.5. The molecule has 0 aliphatic rings. The number of carbonyl (C=O) groups is 3. The van der Waals surface area contributed by atoms with Gasteiger partial charge in [-0.1, -0.05) is 38.1 Å². The van der Waals surface area contributed by atoms with Gasteiger partial charge in [0.25, 0.3) is 12.9 Å². The molecule has 0 amide bonds. The lowest BCUT2D eigenvalue weighted by Crippen LogP contribution is -2.18. The molecule has 8 nitrogen and oxygen atoms in total. The number of carbonyl (C=O) groups excluding carboxylic acids is 2. The van der Waals surface area contributed by atoms with Crippen molar-refractivity contribution >= 4 is 18.9 Å². The molecule has 198 valence electrons. The van der Waals surface area contributed by atoms with Crippen LogP contribution in [0.4, 0.5) is 0 Å². The van der Waals surface area contributed by atoms with Gasteiger partial charge in [-0.05, 0) is 78.2 Å². The molecule has 1 N–H and O–H groups in total. The Hall–Kier alpha value is -5.11. The molecule has 8 heteroatoms. The fourth-order valence-electron chi connectivity index (χ4n) is 4.10. The Morgan fingerprint density at radius 1 is 0.667 bits per heavy atom. The van der Waals surface area contributed by atoms with Crippen LogP contribution in [0.15, 0.2) is 84.9 Å². The summed E-state index contributed by atoms with van der Waals surface area (Å²) in [4.78, 5) is 32.6. The summed E-state index contributed by atoms with van der Waals surface area (Å²) in [5.41, 5.74) is 2.68. The second-order valence-corrected chi connectivity index (χ2v) is 9.20. The Morgan fingerprint density at radius 3 is 1.62 bits per heavy atom. The molecule has 4 aromatic carbocycles. The predicted octanol–water partition coefficient (Wildman–Crippen LogP) is 6.67. The van der Waals surface area contributed by atoms with Gasteiger partial charge in [0.15, 0.2) is 11.5 Å². The van der Waals surface area contributed by atoms with Crippen LogP contribution >= 0.6 is 0 Å². The van der Waals surface area contributed by atoms with Crippen LogP contribution in [0.2, 0.25) is 0 Å². The van der Waals surface area contributed by atoms with Gasteiger partial charge in [-0.2, -0.15) is 0 Å². The molecule has 0 heterocycles. The lowest BCUT2D eigenvalue weighted by atomic mass is 9.78. The van der Waals surface area contributed by atoms with Crippen molar-refractivity contribution in [2.45, 2.75) is 26.2 Å². The normalized spacial score (nSPS) is 10.8. The van der Waals surface area contributed by atoms with E-state index < -0.39 is 5.97 Å². The van der Waals surface area contributed by atoms with Gasteiger partial charge in [-0.15, -0.1) is 0 Å². The highest BCUT2D eigenvalue weighted by atomic mass is 16.6. The largest absolute Gasteiger partial charge is 0.478 e. The molecule has 0 saturated heterocycles. The third kappa shape index (κ3) is 6.24. The SMILES string of the molecule is Cc1cc(Oc2ccc(C(C)(C)c3ccc(Oc4ccc(OC=O)c(OC=O)c4)cc3)cc2)ccc1C(=O)O. The minimum absolute atomic E-state index is 0.0622. The van der Waals surface area contributed by atoms with E-state index in [-0.39, 0.29) is 35.4 Å². The maximum atomic E-state index is 11.2. The van der Waals surface area contributed by atoms with Crippen molar-refractivity contribution in [1.29, 1.82) is 0 Å². The molecule has 0 spiro atoms. The zero-order chi connectivity index (χ0) is 28.0. The monoisotopic (exact) mass is 526 g/mol. The number of ether oxygens (including phenoxy) is 4. The van der Waals surface area contributed by atoms with Crippen LogP contribution in [0, 0.1) is 6.92 Å². The number of carboxylic acid groups (broad SMARTS) is 1. The first-order chi connectivity index (χ1) is 18.7. The zero-order valence-electron chi connectivity index (χ0n) is 21.5. The summed E-state index contributed by atoms with van der Waals surface area (Å²) in [5, 5.41) is 9.21.